The average molecular weight is 504 g/mol. The molecule has 0 saturated heterocycles. The molecule has 1 heterocycles. The van der Waals surface area contributed by atoms with Crippen LogP contribution in [-0.4, -0.2) is 64.6 Å². The molecule has 35 heavy (non-hydrogen) atoms. The summed E-state index contributed by atoms with van der Waals surface area (Å²) < 4.78 is 35.4. The molecule has 3 N–H and O–H groups in total. The monoisotopic (exact) mass is 503 g/mol. The lowest BCUT2D eigenvalue weighted by molar-refractivity contribution is -0.138. The second-order valence-corrected chi connectivity index (χ2v) is 9.25. The van der Waals surface area contributed by atoms with Crippen molar-refractivity contribution in [2.75, 3.05) is 38.6 Å². The molecule has 0 spiro atoms. The van der Waals surface area contributed by atoms with E-state index in [0.29, 0.717) is 30.5 Å². The van der Waals surface area contributed by atoms with E-state index in [0.717, 1.165) is 13.0 Å². The van der Waals surface area contributed by atoms with E-state index < -0.39 is 22.0 Å². The van der Waals surface area contributed by atoms with Crippen LogP contribution >= 0.6 is 0 Å². The largest absolute Gasteiger partial charge is 0.492 e. The predicted octanol–water partition coefficient (Wildman–Crippen LogP) is 1.75. The molecule has 0 fully saturated rings. The molecule has 0 aliphatic carbocycles. The Hall–Kier alpha value is -3.48. The number of benzene rings is 2. The molecule has 0 aromatic heterocycles. The zero-order valence-electron chi connectivity index (χ0n) is 19.6. The number of anilines is 1. The van der Waals surface area contributed by atoms with Crippen molar-refractivity contribution in [3.8, 4) is 5.75 Å². The third kappa shape index (κ3) is 7.50. The molecule has 0 amide bonds. The smallest absolute Gasteiger partial charge is 0.348 e. The van der Waals surface area contributed by atoms with Crippen molar-refractivity contribution in [1.29, 1.82) is 0 Å². The van der Waals surface area contributed by atoms with Gasteiger partial charge in [-0.05, 0) is 37.6 Å². The van der Waals surface area contributed by atoms with Gasteiger partial charge in [-0.3, -0.25) is 9.79 Å². The molecule has 0 radical (unpaired) electrons. The quantitative estimate of drug-likeness (QED) is 0.251. The first-order chi connectivity index (χ1) is 16.8. The fourth-order valence-corrected chi connectivity index (χ4v) is 4.33. The van der Waals surface area contributed by atoms with Crippen LogP contribution in [0.15, 0.2) is 58.4 Å². The number of hydrogen-bond acceptors (Lipinski definition) is 10. The average Bonchev–Trinajstić information content (AvgIpc) is 2.85. The van der Waals surface area contributed by atoms with Crippen LogP contribution in [0.2, 0.25) is 0 Å². The molecule has 1 aliphatic heterocycles. The molecule has 0 atom stereocenters. The van der Waals surface area contributed by atoms with E-state index in [-0.39, 0.29) is 23.4 Å². The summed E-state index contributed by atoms with van der Waals surface area (Å²) in [5.41, 5.74) is 0.450. The number of aliphatic imine (C=N–C) groups is 1. The highest BCUT2D eigenvalue weighted by Gasteiger charge is 2.22. The van der Waals surface area contributed by atoms with Crippen LogP contribution < -0.4 is 20.2 Å². The number of esters is 2. The summed E-state index contributed by atoms with van der Waals surface area (Å²) in [6.45, 7) is 3.56. The van der Waals surface area contributed by atoms with Crippen LogP contribution in [0.25, 0.3) is 0 Å². The number of ether oxygens (including phenoxy) is 2. The van der Waals surface area contributed by atoms with E-state index in [9.17, 15) is 18.0 Å². The minimum Gasteiger partial charge on any atom is -0.492 e. The molecule has 0 bridgehead atoms. The van der Waals surface area contributed by atoms with Gasteiger partial charge in [-0.15, -0.1) is 4.83 Å². The van der Waals surface area contributed by atoms with Gasteiger partial charge in [0.2, 0.25) is 0 Å². The van der Waals surface area contributed by atoms with Gasteiger partial charge in [0.25, 0.3) is 10.0 Å². The fourth-order valence-electron chi connectivity index (χ4n) is 3.21. The molecule has 3 rings (SSSR count). The first-order valence-electron chi connectivity index (χ1n) is 11.1. The summed E-state index contributed by atoms with van der Waals surface area (Å²) in [6.07, 6.45) is 0.680. The first-order valence-corrected chi connectivity index (χ1v) is 12.6. The van der Waals surface area contributed by atoms with Crippen molar-refractivity contribution in [2.24, 2.45) is 4.99 Å². The molecule has 12 heteroatoms. The Balaban J connectivity index is 1.62. The van der Waals surface area contributed by atoms with Crippen LogP contribution in [0.1, 0.15) is 30.1 Å². The number of carbonyl (C=O) groups excluding carboxylic acids is 2. The fraction of sp³-hybridized carbons (Fsp3) is 0.348. The lowest BCUT2D eigenvalue weighted by Gasteiger charge is -2.20. The summed E-state index contributed by atoms with van der Waals surface area (Å²) in [6, 6.07) is 12.7. The van der Waals surface area contributed by atoms with Crippen LogP contribution in [-0.2, 0) is 19.6 Å². The standard InChI is InChI=1S/C23H29N5O6S/c1-3-33-19-12-7-11-18(21(19)26-23-24-14-8-15-25-23)22(30)34-20(29)13-16-28(2)27-35(31,32)17-9-5-4-6-10-17/h4-7,9-12,27H,3,8,13-16H2,1-2H3,(H2,24,25,26). The Morgan fingerprint density at radius 1 is 1.14 bits per heavy atom. The van der Waals surface area contributed by atoms with Crippen molar-refractivity contribution < 1.29 is 27.5 Å². The molecule has 0 saturated carbocycles. The number of para-hydroxylation sites is 1. The highest BCUT2D eigenvalue weighted by Crippen LogP contribution is 2.29. The second-order valence-electron chi connectivity index (χ2n) is 7.59. The molecular formula is C23H29N5O6S. The minimum atomic E-state index is -3.79. The van der Waals surface area contributed by atoms with Crippen LogP contribution in [0, 0.1) is 0 Å². The van der Waals surface area contributed by atoms with Gasteiger partial charge in [0.1, 0.15) is 5.75 Å². The van der Waals surface area contributed by atoms with Gasteiger partial charge < -0.3 is 20.1 Å². The summed E-state index contributed by atoms with van der Waals surface area (Å²) in [5, 5.41) is 7.41. The van der Waals surface area contributed by atoms with E-state index in [2.05, 4.69) is 20.5 Å². The van der Waals surface area contributed by atoms with Crippen molar-refractivity contribution in [2.45, 2.75) is 24.7 Å². The van der Waals surface area contributed by atoms with Crippen LogP contribution in [0.3, 0.4) is 0 Å². The number of sulfonamides is 1. The predicted molar refractivity (Wildman–Crippen MR) is 131 cm³/mol. The van der Waals surface area contributed by atoms with E-state index in [1.165, 1.54) is 30.3 Å². The summed E-state index contributed by atoms with van der Waals surface area (Å²) in [5.74, 6) is -0.750. The van der Waals surface area contributed by atoms with Crippen molar-refractivity contribution in [3.63, 3.8) is 0 Å². The Morgan fingerprint density at radius 3 is 2.60 bits per heavy atom. The number of hydrazine groups is 1. The van der Waals surface area contributed by atoms with E-state index in [1.54, 1.807) is 30.3 Å². The van der Waals surface area contributed by atoms with Gasteiger partial charge in [0, 0.05) is 26.7 Å². The van der Waals surface area contributed by atoms with E-state index >= 15 is 0 Å². The SMILES string of the molecule is CCOc1cccc(C(=O)OC(=O)CCN(C)NS(=O)(=O)c2ccccc2)c1NC1=NCCCN1. The number of hydrogen-bond donors (Lipinski definition) is 3. The van der Waals surface area contributed by atoms with Crippen LogP contribution in [0.5, 0.6) is 5.75 Å². The number of carbonyl (C=O) groups is 2. The van der Waals surface area contributed by atoms with Crippen LogP contribution in [0.4, 0.5) is 5.69 Å². The van der Waals surface area contributed by atoms with Gasteiger partial charge in [-0.2, -0.15) is 0 Å². The third-order valence-electron chi connectivity index (χ3n) is 4.87. The number of nitrogens with one attached hydrogen (secondary N) is 3. The normalized spacial score (nSPS) is 13.5. The van der Waals surface area contributed by atoms with E-state index in [1.807, 2.05) is 6.92 Å². The van der Waals surface area contributed by atoms with Gasteiger partial charge in [-0.1, -0.05) is 24.3 Å². The number of nitrogens with zero attached hydrogens (tertiary/aromatic N) is 2. The molecule has 1 aliphatic rings. The summed E-state index contributed by atoms with van der Waals surface area (Å²) in [4.78, 5) is 31.9. The molecule has 2 aromatic carbocycles. The topological polar surface area (TPSA) is 138 Å². The highest BCUT2D eigenvalue weighted by molar-refractivity contribution is 7.89. The Bertz CT molecular complexity index is 1170. The second kappa shape index (κ2) is 12.3. The Labute approximate surface area is 204 Å². The lowest BCUT2D eigenvalue weighted by atomic mass is 10.1. The maximum atomic E-state index is 12.8. The Kier molecular flexibility index (Phi) is 9.18. The summed E-state index contributed by atoms with van der Waals surface area (Å²) >= 11 is 0. The molecule has 11 nitrogen and oxygen atoms in total. The third-order valence-corrected chi connectivity index (χ3v) is 6.32. The maximum absolute atomic E-state index is 12.8. The number of rotatable bonds is 10. The Morgan fingerprint density at radius 2 is 1.91 bits per heavy atom. The maximum Gasteiger partial charge on any atom is 0.348 e. The molecule has 2 aromatic rings. The van der Waals surface area contributed by atoms with Crippen molar-refractivity contribution in [1.82, 2.24) is 15.2 Å². The van der Waals surface area contributed by atoms with Crippen molar-refractivity contribution in [3.05, 3.63) is 54.1 Å². The minimum absolute atomic E-state index is 0.0109. The van der Waals surface area contributed by atoms with Gasteiger partial charge in [0.15, 0.2) is 5.96 Å². The molecule has 0 unspecified atom stereocenters. The van der Waals surface area contributed by atoms with Crippen molar-refractivity contribution >= 4 is 33.6 Å². The van der Waals surface area contributed by atoms with Gasteiger partial charge in [0.05, 0.1) is 29.2 Å². The molecular weight excluding hydrogens is 474 g/mol. The lowest BCUT2D eigenvalue weighted by Crippen LogP contribution is -2.40. The zero-order valence-corrected chi connectivity index (χ0v) is 20.4. The van der Waals surface area contributed by atoms with E-state index in [4.69, 9.17) is 9.47 Å². The first kappa shape index (κ1) is 26.1. The number of guanidine groups is 1. The zero-order chi connectivity index (χ0) is 25.3. The summed E-state index contributed by atoms with van der Waals surface area (Å²) in [7, 11) is -2.31. The highest BCUT2D eigenvalue weighted by atomic mass is 32.2. The van der Waals surface area contributed by atoms with Gasteiger partial charge >= 0.3 is 11.9 Å². The molecule has 188 valence electrons. The van der Waals surface area contributed by atoms with Gasteiger partial charge in [-0.25, -0.2) is 18.2 Å².